The van der Waals surface area contributed by atoms with Crippen LogP contribution in [-0.4, -0.2) is 51.4 Å². The average molecular weight is 1140 g/mol. The monoisotopic (exact) mass is 1140 g/mol. The zero-order chi connectivity index (χ0) is 44.4. The number of anilines is 4. The number of fused-ring (bicyclic) bond motifs is 2. The Morgan fingerprint density at radius 3 is 1.87 bits per heavy atom. The van der Waals surface area contributed by atoms with Crippen LogP contribution in [0.25, 0.3) is 33.4 Å². The Morgan fingerprint density at radius 2 is 1.27 bits per heavy atom. The van der Waals surface area contributed by atoms with Crippen LogP contribution in [0, 0.1) is 41.5 Å². The summed E-state index contributed by atoms with van der Waals surface area (Å²) >= 11 is 5.76. The van der Waals surface area contributed by atoms with E-state index in [0.717, 1.165) is 0 Å². The fourth-order valence-electron chi connectivity index (χ4n) is 7.58. The largest absolute Gasteiger partial charge is 0.456 e. The summed E-state index contributed by atoms with van der Waals surface area (Å²) in [6.07, 6.45) is 3.76. The minimum atomic E-state index is -4.71. The number of halogens is 2. The van der Waals surface area contributed by atoms with Crippen molar-refractivity contribution in [1.82, 2.24) is 0 Å². The minimum Gasteiger partial charge on any atom is -0.456 e. The summed E-state index contributed by atoms with van der Waals surface area (Å²) in [5.41, 5.74) is 6.07. The third-order valence-corrected chi connectivity index (χ3v) is 15.4. The van der Waals surface area contributed by atoms with E-state index < -0.39 is 34.9 Å². The molecule has 0 saturated carbocycles. The van der Waals surface area contributed by atoms with Crippen LogP contribution < -0.4 is 20.1 Å². The van der Waals surface area contributed by atoms with Crippen LogP contribution in [0.4, 0.5) is 28.4 Å². The van der Waals surface area contributed by atoms with Gasteiger partial charge in [-0.2, -0.15) is 25.3 Å². The van der Waals surface area contributed by atoms with Gasteiger partial charge in [0.2, 0.25) is 0 Å². The molecule has 4 aromatic rings. The number of benzene rings is 5. The van der Waals surface area contributed by atoms with Crippen molar-refractivity contribution in [3.8, 4) is 22.5 Å². The molecule has 320 valence electrons. The van der Waals surface area contributed by atoms with Gasteiger partial charge in [-0.15, -0.1) is 0 Å². The second-order valence-electron chi connectivity index (χ2n) is 14.0. The van der Waals surface area contributed by atoms with Crippen molar-refractivity contribution in [2.24, 2.45) is 4.99 Å². The lowest BCUT2D eigenvalue weighted by Crippen LogP contribution is -2.11. The molecular formula is C39H40I2N4O10S5. The van der Waals surface area contributed by atoms with Crippen LogP contribution in [0.3, 0.4) is 0 Å². The highest BCUT2D eigenvalue weighted by atomic mass is 127. The Labute approximate surface area is 378 Å². The molecular weight excluding hydrogens is 1100 g/mol. The molecule has 0 atom stereocenters. The smallest absolute Gasteiger partial charge is 0.295 e. The molecule has 6 rings (SSSR count). The summed E-state index contributed by atoms with van der Waals surface area (Å²) in [6, 6.07) is 16.0. The molecule has 21 heteroatoms. The molecule has 1 heterocycles. The Bertz CT molecular complexity index is 3150. The molecule has 1 aliphatic carbocycles. The zero-order valence-corrected chi connectivity index (χ0v) is 41.6. The first-order valence-electron chi connectivity index (χ1n) is 17.6. The molecule has 1 aliphatic heterocycles. The van der Waals surface area contributed by atoms with Gasteiger partial charge in [0, 0.05) is 94.3 Å². The molecule has 0 fully saturated rings. The normalized spacial score (nSPS) is 13.2. The lowest BCUT2D eigenvalue weighted by Gasteiger charge is -2.28. The third-order valence-electron chi connectivity index (χ3n) is 9.97. The molecule has 6 N–H and O–H groups in total. The second kappa shape index (κ2) is 16.9. The molecule has 2 aliphatic rings. The minimum absolute atomic E-state index is 0.189. The molecule has 14 nitrogen and oxygen atoms in total. The van der Waals surface area contributed by atoms with E-state index in [1.54, 1.807) is 82.5 Å². The first-order valence-corrected chi connectivity index (χ1v) is 30.3. The van der Waals surface area contributed by atoms with Crippen molar-refractivity contribution in [3.05, 3.63) is 99.4 Å². The number of nitrogens with zero attached hydrogens (tertiary/aromatic N) is 1. The predicted molar refractivity (Wildman–Crippen MR) is 260 cm³/mol. The maximum absolute atomic E-state index is 12.7. The molecule has 0 saturated heterocycles. The number of hydrogen-bond donors (Lipinski definition) is 6. The highest BCUT2D eigenvalue weighted by Crippen LogP contribution is 2.61. The van der Waals surface area contributed by atoms with Gasteiger partial charge in [-0.3, -0.25) is 13.7 Å². The van der Waals surface area contributed by atoms with Gasteiger partial charge in [-0.25, -0.2) is 4.99 Å². The summed E-state index contributed by atoms with van der Waals surface area (Å²) < 4.78 is 119. The van der Waals surface area contributed by atoms with Crippen LogP contribution in [0.2, 0.25) is 0 Å². The van der Waals surface area contributed by atoms with Crippen LogP contribution in [0.5, 0.6) is 0 Å². The summed E-state index contributed by atoms with van der Waals surface area (Å²) in [5.74, 6) is 0.246. The van der Waals surface area contributed by atoms with E-state index in [1.807, 2.05) is 20.1 Å². The lowest BCUT2D eigenvalue weighted by atomic mass is 9.93. The van der Waals surface area contributed by atoms with E-state index in [2.05, 4.69) is 57.2 Å². The topological polar surface area (TPSA) is 225 Å². The van der Waals surface area contributed by atoms with Crippen LogP contribution >= 0.6 is 58.9 Å². The Kier molecular flexibility index (Phi) is 13.0. The van der Waals surface area contributed by atoms with Crippen LogP contribution in [-0.2, 0) is 30.4 Å². The summed E-state index contributed by atoms with van der Waals surface area (Å²) in [4.78, 5) is 4.05. The van der Waals surface area contributed by atoms with E-state index in [1.165, 1.54) is 24.1 Å². The standard InChI is InChI=1S/C39H40I2N4O10S5/c1-19-34(21(3)38(59(49,50)51)23(5)36(19)44-56-7)42-25-13-15-27-30(17-25)55-31-18-26(14-16-28(31)33(27)29-11-9-10-12-32(29)58(46,47)48)43-35-20(2)37(45-57(8,40)41)24(6)39(22(35)4)60(52,53)54/h9-18,42,44-45H,1-8H3,(H,46,47,48)(H,49,50,51)(H,52,53,54)/b43-26+. The van der Waals surface area contributed by atoms with Crippen LogP contribution in [0.1, 0.15) is 33.4 Å². The number of rotatable bonds is 11. The van der Waals surface area contributed by atoms with E-state index in [0.29, 0.717) is 72.6 Å². The van der Waals surface area contributed by atoms with Crippen LogP contribution in [0.15, 0.2) is 84.8 Å². The maximum atomic E-state index is 12.7. The van der Waals surface area contributed by atoms with Gasteiger partial charge in [0.25, 0.3) is 30.4 Å². The highest BCUT2D eigenvalue weighted by molar-refractivity contribution is 14.3. The van der Waals surface area contributed by atoms with Crippen molar-refractivity contribution in [1.29, 1.82) is 0 Å². The third kappa shape index (κ3) is 9.15. The van der Waals surface area contributed by atoms with Gasteiger partial charge in [-0.1, -0.05) is 34.7 Å². The average Bonchev–Trinajstić information content (AvgIpc) is 3.12. The second-order valence-corrected chi connectivity index (χ2v) is 36.0. The molecule has 60 heavy (non-hydrogen) atoms. The van der Waals surface area contributed by atoms with Gasteiger partial charge < -0.3 is 19.2 Å². The van der Waals surface area contributed by atoms with Crippen molar-refractivity contribution >= 4 is 129 Å². The summed E-state index contributed by atoms with van der Waals surface area (Å²) in [6.45, 7) is 10.00. The molecule has 0 spiro atoms. The Balaban J connectivity index is 1.67. The predicted octanol–water partition coefficient (Wildman–Crippen LogP) is 10.9. The molecule has 4 aromatic carbocycles. The van der Waals surface area contributed by atoms with Gasteiger partial charge in [0.1, 0.15) is 26.0 Å². The zero-order valence-electron chi connectivity index (χ0n) is 33.2. The molecule has 0 aromatic heterocycles. The quantitative estimate of drug-likeness (QED) is 0.0307. The first kappa shape index (κ1) is 46.4. The Morgan fingerprint density at radius 1 is 0.667 bits per heavy atom. The molecule has 0 unspecified atom stereocenters. The fraction of sp³-hybridized carbons (Fsp3) is 0.205. The first-order chi connectivity index (χ1) is 27.7. The van der Waals surface area contributed by atoms with Gasteiger partial charge in [-0.05, 0) is 112 Å². The SMILES string of the molecule is CSNc1c(C)c(Nc2ccc3c(-c4ccccc4S(=O)(=O)O)c4cc/c(=N\c5c(C)c(NS(C)(I)I)c(C)c(S(=O)(=O)O)c5C)cc-4oc3c2)c(C)c(S(=O)(=O)O)c1C. The fourth-order valence-corrected chi connectivity index (χ4v) is 12.7. The van der Waals surface area contributed by atoms with E-state index in [9.17, 15) is 38.9 Å². The highest BCUT2D eigenvalue weighted by Gasteiger charge is 2.29. The maximum Gasteiger partial charge on any atom is 0.295 e. The number of hydrogen-bond acceptors (Lipinski definition) is 12. The molecule has 0 bridgehead atoms. The molecule has 0 radical (unpaired) electrons. The van der Waals surface area contributed by atoms with Crippen molar-refractivity contribution in [2.45, 2.75) is 56.2 Å². The van der Waals surface area contributed by atoms with Gasteiger partial charge >= 0.3 is 0 Å². The summed E-state index contributed by atoms with van der Waals surface area (Å²) in [7, 11) is -14.0. The van der Waals surface area contributed by atoms with E-state index in [-0.39, 0.29) is 42.7 Å². The Hall–Kier alpha value is -3.14. The summed E-state index contributed by atoms with van der Waals surface area (Å²) in [5, 5.41) is 4.11. The number of nitrogens with one attached hydrogen (secondary N) is 3. The van der Waals surface area contributed by atoms with Crippen molar-refractivity contribution in [3.63, 3.8) is 0 Å². The van der Waals surface area contributed by atoms with Gasteiger partial charge in [0.15, 0.2) is 0 Å². The van der Waals surface area contributed by atoms with E-state index >= 15 is 0 Å². The van der Waals surface area contributed by atoms with E-state index in [4.69, 9.17) is 9.41 Å². The van der Waals surface area contributed by atoms with Gasteiger partial charge in [0.05, 0.1) is 22.4 Å². The van der Waals surface area contributed by atoms with Crippen molar-refractivity contribution in [2.75, 3.05) is 27.3 Å². The molecule has 0 amide bonds. The lowest BCUT2D eigenvalue weighted by molar-refractivity contribution is 0.479. The van der Waals surface area contributed by atoms with Crippen molar-refractivity contribution < 1.29 is 43.3 Å².